The van der Waals surface area contributed by atoms with E-state index in [1.807, 2.05) is 7.05 Å². The summed E-state index contributed by atoms with van der Waals surface area (Å²) < 4.78 is 4.68. The second-order valence-corrected chi connectivity index (χ2v) is 3.75. The third-order valence-electron chi connectivity index (χ3n) is 2.50. The van der Waals surface area contributed by atoms with Crippen molar-refractivity contribution in [3.63, 3.8) is 0 Å². The summed E-state index contributed by atoms with van der Waals surface area (Å²) in [6.07, 6.45) is 4.77. The lowest BCUT2D eigenvalue weighted by molar-refractivity contribution is 0.411. The van der Waals surface area contributed by atoms with Crippen LogP contribution in [-0.2, 0) is 13.0 Å². The maximum absolute atomic E-state index is 4.68. The Hall–Kier alpha value is -2.18. The Balaban J connectivity index is 2.15. The van der Waals surface area contributed by atoms with Crippen LogP contribution < -0.4 is 10.6 Å². The summed E-state index contributed by atoms with van der Waals surface area (Å²) in [5, 5.41) is 10.0. The summed E-state index contributed by atoms with van der Waals surface area (Å²) in [5.41, 5.74) is 1.07. The van der Waals surface area contributed by atoms with E-state index in [9.17, 15) is 0 Å². The first-order chi connectivity index (χ1) is 8.85. The number of aromatic nitrogens is 4. The van der Waals surface area contributed by atoms with Crippen LogP contribution in [0.2, 0.25) is 0 Å². The van der Waals surface area contributed by atoms with Crippen molar-refractivity contribution in [2.24, 2.45) is 0 Å². The van der Waals surface area contributed by atoms with Gasteiger partial charge in [-0.3, -0.25) is 0 Å². The van der Waals surface area contributed by atoms with Gasteiger partial charge in [-0.15, -0.1) is 0 Å². The molecule has 0 spiro atoms. The van der Waals surface area contributed by atoms with Crippen LogP contribution in [0, 0.1) is 0 Å². The summed E-state index contributed by atoms with van der Waals surface area (Å²) in [7, 11) is 1.85. The Bertz CT molecular complexity index is 484. The minimum atomic E-state index is 0.480. The number of hydrogen-bond acceptors (Lipinski definition) is 7. The molecule has 0 fully saturated rings. The van der Waals surface area contributed by atoms with E-state index in [0.29, 0.717) is 12.4 Å². The topological polar surface area (TPSA) is 88.8 Å². The van der Waals surface area contributed by atoms with Gasteiger partial charge < -0.3 is 15.2 Å². The molecule has 0 saturated heterocycles. The highest BCUT2D eigenvalue weighted by molar-refractivity contribution is 5.57. The standard InChI is InChI=1S/C11H16N6O/c1-3-4-8-10(12-2)14-6-15-11(8)13-5-9-16-7-18-17-9/h6-7H,3-5H2,1-2H3,(H2,12,13,14,15). The predicted octanol–water partition coefficient (Wildman–Crippen LogP) is 1.47. The predicted molar refractivity (Wildman–Crippen MR) is 67.2 cm³/mol. The highest BCUT2D eigenvalue weighted by Gasteiger charge is 2.10. The van der Waals surface area contributed by atoms with Gasteiger partial charge in [0.15, 0.2) is 5.82 Å². The zero-order valence-electron chi connectivity index (χ0n) is 10.5. The van der Waals surface area contributed by atoms with E-state index in [4.69, 9.17) is 0 Å². The minimum absolute atomic E-state index is 0.480. The van der Waals surface area contributed by atoms with Gasteiger partial charge in [0, 0.05) is 12.6 Å². The van der Waals surface area contributed by atoms with E-state index >= 15 is 0 Å². The third kappa shape index (κ3) is 2.73. The molecule has 0 aliphatic rings. The van der Waals surface area contributed by atoms with E-state index in [1.54, 1.807) is 0 Å². The molecule has 2 rings (SSSR count). The molecule has 0 aliphatic heterocycles. The molecule has 96 valence electrons. The number of nitrogens with zero attached hydrogens (tertiary/aromatic N) is 4. The van der Waals surface area contributed by atoms with Crippen molar-refractivity contribution in [1.29, 1.82) is 0 Å². The van der Waals surface area contributed by atoms with Gasteiger partial charge in [-0.1, -0.05) is 18.5 Å². The first-order valence-corrected chi connectivity index (χ1v) is 5.86. The molecule has 0 saturated carbocycles. The molecule has 7 heteroatoms. The van der Waals surface area contributed by atoms with Crippen molar-refractivity contribution >= 4 is 11.6 Å². The summed E-state index contributed by atoms with van der Waals surface area (Å²) >= 11 is 0. The highest BCUT2D eigenvalue weighted by atomic mass is 16.5. The fourth-order valence-electron chi connectivity index (χ4n) is 1.70. The zero-order valence-corrected chi connectivity index (χ0v) is 10.5. The second kappa shape index (κ2) is 5.95. The fourth-order valence-corrected chi connectivity index (χ4v) is 1.70. The van der Waals surface area contributed by atoms with E-state index in [1.165, 1.54) is 12.7 Å². The van der Waals surface area contributed by atoms with Crippen LogP contribution >= 0.6 is 0 Å². The summed E-state index contributed by atoms with van der Waals surface area (Å²) in [4.78, 5) is 12.4. The number of nitrogens with one attached hydrogen (secondary N) is 2. The van der Waals surface area contributed by atoms with Gasteiger partial charge in [-0.2, -0.15) is 4.98 Å². The summed E-state index contributed by atoms with van der Waals surface area (Å²) in [5.74, 6) is 2.26. The van der Waals surface area contributed by atoms with Gasteiger partial charge in [-0.05, 0) is 6.42 Å². The van der Waals surface area contributed by atoms with Crippen molar-refractivity contribution in [1.82, 2.24) is 20.1 Å². The van der Waals surface area contributed by atoms with Crippen molar-refractivity contribution < 1.29 is 4.52 Å². The Kier molecular flexibility index (Phi) is 4.06. The molecule has 2 heterocycles. The van der Waals surface area contributed by atoms with Crippen LogP contribution in [0.25, 0.3) is 0 Å². The second-order valence-electron chi connectivity index (χ2n) is 3.75. The molecule has 0 atom stereocenters. The molecule has 0 aromatic carbocycles. The Morgan fingerprint density at radius 2 is 2.06 bits per heavy atom. The van der Waals surface area contributed by atoms with Gasteiger partial charge >= 0.3 is 0 Å². The molecule has 7 nitrogen and oxygen atoms in total. The first kappa shape index (κ1) is 12.3. The van der Waals surface area contributed by atoms with Crippen molar-refractivity contribution in [3.05, 3.63) is 24.1 Å². The lowest BCUT2D eigenvalue weighted by Crippen LogP contribution is -2.09. The number of anilines is 2. The molecule has 0 radical (unpaired) electrons. The fraction of sp³-hybridized carbons (Fsp3) is 0.455. The maximum Gasteiger partial charge on any atom is 0.213 e. The zero-order chi connectivity index (χ0) is 12.8. The molecule has 2 aromatic heterocycles. The SMILES string of the molecule is CCCc1c(NC)ncnc1NCc1ncon1. The van der Waals surface area contributed by atoms with E-state index in [-0.39, 0.29) is 0 Å². The van der Waals surface area contributed by atoms with Crippen molar-refractivity contribution in [2.45, 2.75) is 26.3 Å². The molecule has 2 aromatic rings. The molecule has 0 amide bonds. The van der Waals surface area contributed by atoms with Crippen LogP contribution in [0.15, 0.2) is 17.2 Å². The summed E-state index contributed by atoms with van der Waals surface area (Å²) in [6.45, 7) is 2.60. The van der Waals surface area contributed by atoms with Crippen LogP contribution in [0.3, 0.4) is 0 Å². The largest absolute Gasteiger partial charge is 0.373 e. The normalized spacial score (nSPS) is 10.3. The third-order valence-corrected chi connectivity index (χ3v) is 2.50. The molecule has 0 aliphatic carbocycles. The monoisotopic (exact) mass is 248 g/mol. The van der Waals surface area contributed by atoms with E-state index < -0.39 is 0 Å². The summed E-state index contributed by atoms with van der Waals surface area (Å²) in [6, 6.07) is 0. The van der Waals surface area contributed by atoms with E-state index in [2.05, 4.69) is 42.2 Å². The van der Waals surface area contributed by atoms with Crippen molar-refractivity contribution in [2.75, 3.05) is 17.7 Å². The van der Waals surface area contributed by atoms with Gasteiger partial charge in [0.1, 0.15) is 18.0 Å². The maximum atomic E-state index is 4.68. The van der Waals surface area contributed by atoms with Crippen LogP contribution in [0.5, 0.6) is 0 Å². The minimum Gasteiger partial charge on any atom is -0.373 e. The number of rotatable bonds is 6. The lowest BCUT2D eigenvalue weighted by Gasteiger charge is -2.12. The average Bonchev–Trinajstić information content (AvgIpc) is 2.91. The average molecular weight is 248 g/mol. The molecule has 0 bridgehead atoms. The molecular formula is C11H16N6O. The van der Waals surface area contributed by atoms with Gasteiger partial charge in [-0.25, -0.2) is 9.97 Å². The Morgan fingerprint density at radius 3 is 2.72 bits per heavy atom. The Morgan fingerprint density at radius 1 is 1.22 bits per heavy atom. The molecule has 0 unspecified atom stereocenters. The molecular weight excluding hydrogens is 232 g/mol. The lowest BCUT2D eigenvalue weighted by atomic mass is 10.1. The molecule has 2 N–H and O–H groups in total. The van der Waals surface area contributed by atoms with Crippen LogP contribution in [-0.4, -0.2) is 27.2 Å². The first-order valence-electron chi connectivity index (χ1n) is 5.86. The van der Waals surface area contributed by atoms with Gasteiger partial charge in [0.05, 0.1) is 6.54 Å². The Labute approximate surface area is 105 Å². The highest BCUT2D eigenvalue weighted by Crippen LogP contribution is 2.21. The van der Waals surface area contributed by atoms with Gasteiger partial charge in [0.2, 0.25) is 6.39 Å². The number of hydrogen-bond donors (Lipinski definition) is 2. The van der Waals surface area contributed by atoms with E-state index in [0.717, 1.165) is 30.0 Å². The molecule has 18 heavy (non-hydrogen) atoms. The van der Waals surface area contributed by atoms with Gasteiger partial charge in [0.25, 0.3) is 0 Å². The quantitative estimate of drug-likeness (QED) is 0.800. The van der Waals surface area contributed by atoms with Crippen molar-refractivity contribution in [3.8, 4) is 0 Å². The van der Waals surface area contributed by atoms with Crippen LogP contribution in [0.1, 0.15) is 24.7 Å². The smallest absolute Gasteiger partial charge is 0.213 e. The van der Waals surface area contributed by atoms with Crippen LogP contribution in [0.4, 0.5) is 11.6 Å².